The van der Waals surface area contributed by atoms with Gasteiger partial charge >= 0.3 is 0 Å². The van der Waals surface area contributed by atoms with Gasteiger partial charge in [0.15, 0.2) is 0 Å². The zero-order valence-corrected chi connectivity index (χ0v) is 10.5. The lowest BCUT2D eigenvalue weighted by Gasteiger charge is -2.34. The first-order valence-corrected chi connectivity index (χ1v) is 6.48. The van der Waals surface area contributed by atoms with E-state index in [1.54, 1.807) is 4.68 Å². The van der Waals surface area contributed by atoms with Crippen molar-refractivity contribution in [3.8, 4) is 0 Å². The van der Waals surface area contributed by atoms with Gasteiger partial charge in [-0.2, -0.15) is 0 Å². The van der Waals surface area contributed by atoms with Crippen molar-refractivity contribution in [2.45, 2.75) is 38.3 Å². The molecule has 0 spiro atoms. The Morgan fingerprint density at radius 3 is 3.06 bits per heavy atom. The van der Waals surface area contributed by atoms with Crippen LogP contribution in [0, 0.1) is 0 Å². The Labute approximate surface area is 102 Å². The highest BCUT2D eigenvalue weighted by Crippen LogP contribution is 2.21. The molecule has 0 aromatic carbocycles. The molecule has 16 heavy (non-hydrogen) atoms. The van der Waals surface area contributed by atoms with Crippen LogP contribution in [0.15, 0.2) is 6.20 Å². The number of hydrogen-bond acceptors (Lipinski definition) is 3. The SMILES string of the molecule is Cn1cc(CN2CCCCC2CCCl)nn1. The van der Waals surface area contributed by atoms with Crippen molar-refractivity contribution in [2.75, 3.05) is 12.4 Å². The van der Waals surface area contributed by atoms with Crippen LogP contribution in [0.1, 0.15) is 31.4 Å². The predicted molar refractivity (Wildman–Crippen MR) is 64.4 cm³/mol. The van der Waals surface area contributed by atoms with Crippen molar-refractivity contribution in [3.63, 3.8) is 0 Å². The van der Waals surface area contributed by atoms with Crippen molar-refractivity contribution in [2.24, 2.45) is 7.05 Å². The Hall–Kier alpha value is -0.610. The molecule has 1 atom stereocenters. The third-order valence-electron chi connectivity index (χ3n) is 3.21. The summed E-state index contributed by atoms with van der Waals surface area (Å²) in [6, 6.07) is 0.633. The Balaban J connectivity index is 1.95. The fraction of sp³-hybridized carbons (Fsp3) is 0.818. The number of aromatic nitrogens is 3. The maximum atomic E-state index is 5.85. The van der Waals surface area contributed by atoms with Gasteiger partial charge in [-0.15, -0.1) is 16.7 Å². The molecule has 1 aromatic rings. The first-order chi connectivity index (χ1) is 7.79. The number of piperidine rings is 1. The van der Waals surface area contributed by atoms with E-state index in [1.807, 2.05) is 13.2 Å². The Morgan fingerprint density at radius 1 is 1.50 bits per heavy atom. The van der Waals surface area contributed by atoms with E-state index in [0.29, 0.717) is 6.04 Å². The Kier molecular flexibility index (Phi) is 4.18. The van der Waals surface area contributed by atoms with Gasteiger partial charge in [-0.1, -0.05) is 11.6 Å². The maximum absolute atomic E-state index is 5.85. The zero-order chi connectivity index (χ0) is 11.4. The van der Waals surface area contributed by atoms with Crippen LogP contribution < -0.4 is 0 Å². The summed E-state index contributed by atoms with van der Waals surface area (Å²) in [5.74, 6) is 0.752. The summed E-state index contributed by atoms with van der Waals surface area (Å²) >= 11 is 5.85. The molecule has 0 amide bonds. The second kappa shape index (κ2) is 5.64. The summed E-state index contributed by atoms with van der Waals surface area (Å²) in [5.41, 5.74) is 1.06. The van der Waals surface area contributed by atoms with Crippen LogP contribution >= 0.6 is 11.6 Å². The van der Waals surface area contributed by atoms with Crippen LogP contribution in [0.3, 0.4) is 0 Å². The van der Waals surface area contributed by atoms with Crippen molar-refractivity contribution >= 4 is 11.6 Å². The van der Waals surface area contributed by atoms with Gasteiger partial charge in [-0.25, -0.2) is 0 Å². The van der Waals surface area contributed by atoms with E-state index < -0.39 is 0 Å². The summed E-state index contributed by atoms with van der Waals surface area (Å²) in [7, 11) is 1.91. The number of rotatable bonds is 4. The van der Waals surface area contributed by atoms with Gasteiger partial charge in [-0.05, 0) is 25.8 Å². The molecule has 2 rings (SSSR count). The monoisotopic (exact) mass is 242 g/mol. The topological polar surface area (TPSA) is 34.0 Å². The van der Waals surface area contributed by atoms with Crippen LogP contribution in [-0.2, 0) is 13.6 Å². The maximum Gasteiger partial charge on any atom is 0.0967 e. The van der Waals surface area contributed by atoms with Gasteiger partial charge in [-0.3, -0.25) is 9.58 Å². The minimum absolute atomic E-state index is 0.633. The molecule has 1 aliphatic heterocycles. The second-order valence-corrected chi connectivity index (χ2v) is 4.86. The van der Waals surface area contributed by atoms with E-state index in [-0.39, 0.29) is 0 Å². The Bertz CT molecular complexity index is 324. The lowest BCUT2D eigenvalue weighted by molar-refractivity contribution is 0.135. The first-order valence-electron chi connectivity index (χ1n) is 5.95. The molecule has 0 saturated carbocycles. The van der Waals surface area contributed by atoms with E-state index in [0.717, 1.165) is 31.1 Å². The van der Waals surface area contributed by atoms with E-state index in [2.05, 4.69) is 15.2 Å². The van der Waals surface area contributed by atoms with Crippen molar-refractivity contribution < 1.29 is 0 Å². The molecular weight excluding hydrogens is 224 g/mol. The smallest absolute Gasteiger partial charge is 0.0967 e. The standard InChI is InChI=1S/C11H19ClN4/c1-15-8-10(13-14-15)9-16-7-3-2-4-11(16)5-6-12/h8,11H,2-7,9H2,1H3. The fourth-order valence-corrected chi connectivity index (χ4v) is 2.65. The molecule has 2 heterocycles. The molecule has 0 radical (unpaired) electrons. The highest BCUT2D eigenvalue weighted by Gasteiger charge is 2.22. The third-order valence-corrected chi connectivity index (χ3v) is 3.42. The number of aryl methyl sites for hydroxylation is 1. The molecule has 0 N–H and O–H groups in total. The molecule has 90 valence electrons. The molecule has 0 aliphatic carbocycles. The Morgan fingerprint density at radius 2 is 2.38 bits per heavy atom. The van der Waals surface area contributed by atoms with E-state index in [9.17, 15) is 0 Å². The van der Waals surface area contributed by atoms with Gasteiger partial charge in [0.2, 0.25) is 0 Å². The minimum Gasteiger partial charge on any atom is -0.294 e. The molecule has 0 bridgehead atoms. The van der Waals surface area contributed by atoms with Crippen LogP contribution in [0.4, 0.5) is 0 Å². The average Bonchev–Trinajstić information content (AvgIpc) is 2.67. The van der Waals surface area contributed by atoms with Crippen LogP contribution in [-0.4, -0.2) is 38.4 Å². The van der Waals surface area contributed by atoms with Crippen molar-refractivity contribution in [1.82, 2.24) is 19.9 Å². The average molecular weight is 243 g/mol. The lowest BCUT2D eigenvalue weighted by atomic mass is 10.00. The fourth-order valence-electron chi connectivity index (χ4n) is 2.40. The van der Waals surface area contributed by atoms with Gasteiger partial charge in [0.1, 0.15) is 0 Å². The van der Waals surface area contributed by atoms with E-state index >= 15 is 0 Å². The molecule has 1 fully saturated rings. The predicted octanol–water partition coefficient (Wildman–Crippen LogP) is 1.80. The highest BCUT2D eigenvalue weighted by molar-refractivity contribution is 6.17. The number of hydrogen-bond donors (Lipinski definition) is 0. The van der Waals surface area contributed by atoms with Gasteiger partial charge in [0.05, 0.1) is 5.69 Å². The number of halogens is 1. The number of alkyl halides is 1. The summed E-state index contributed by atoms with van der Waals surface area (Å²) in [4.78, 5) is 2.50. The summed E-state index contributed by atoms with van der Waals surface area (Å²) in [5, 5.41) is 8.11. The second-order valence-electron chi connectivity index (χ2n) is 4.48. The van der Waals surface area contributed by atoms with Crippen molar-refractivity contribution in [1.29, 1.82) is 0 Å². The zero-order valence-electron chi connectivity index (χ0n) is 9.77. The molecule has 1 unspecified atom stereocenters. The summed E-state index contributed by atoms with van der Waals surface area (Å²) in [6.45, 7) is 2.08. The van der Waals surface area contributed by atoms with Gasteiger partial charge in [0, 0.05) is 31.7 Å². The third kappa shape index (κ3) is 2.95. The summed E-state index contributed by atoms with van der Waals surface area (Å²) in [6.07, 6.45) is 6.97. The van der Waals surface area contributed by atoms with E-state index in [4.69, 9.17) is 11.6 Å². The minimum atomic E-state index is 0.633. The van der Waals surface area contributed by atoms with Gasteiger partial charge in [0.25, 0.3) is 0 Å². The molecule has 5 heteroatoms. The van der Waals surface area contributed by atoms with Crippen LogP contribution in [0.5, 0.6) is 0 Å². The normalized spacial score (nSPS) is 22.5. The quantitative estimate of drug-likeness (QED) is 0.755. The van der Waals surface area contributed by atoms with E-state index in [1.165, 1.54) is 19.3 Å². The van der Waals surface area contributed by atoms with Gasteiger partial charge < -0.3 is 0 Å². The van der Waals surface area contributed by atoms with Crippen LogP contribution in [0.2, 0.25) is 0 Å². The lowest BCUT2D eigenvalue weighted by Crippen LogP contribution is -2.39. The first kappa shape index (κ1) is 11.9. The molecule has 1 saturated heterocycles. The molecular formula is C11H19ClN4. The van der Waals surface area contributed by atoms with Crippen molar-refractivity contribution in [3.05, 3.63) is 11.9 Å². The van der Waals surface area contributed by atoms with Crippen LogP contribution in [0.25, 0.3) is 0 Å². The molecule has 1 aromatic heterocycles. The number of likely N-dealkylation sites (tertiary alicyclic amines) is 1. The largest absolute Gasteiger partial charge is 0.294 e. The molecule has 1 aliphatic rings. The number of nitrogens with zero attached hydrogens (tertiary/aromatic N) is 4. The molecule has 4 nitrogen and oxygen atoms in total. The summed E-state index contributed by atoms with van der Waals surface area (Å²) < 4.78 is 1.76. The highest BCUT2D eigenvalue weighted by atomic mass is 35.5.